The van der Waals surface area contributed by atoms with Crippen molar-refractivity contribution in [3.05, 3.63) is 30.1 Å². The van der Waals surface area contributed by atoms with E-state index in [1.165, 1.54) is 12.1 Å². The van der Waals surface area contributed by atoms with Gasteiger partial charge in [0.1, 0.15) is 17.7 Å². The zero-order valence-electron chi connectivity index (χ0n) is 11.7. The van der Waals surface area contributed by atoms with Crippen molar-refractivity contribution in [1.29, 1.82) is 0 Å². The molecule has 0 aromatic heterocycles. The average Bonchev–Trinajstić information content (AvgIpc) is 3.00. The van der Waals surface area contributed by atoms with E-state index in [0.29, 0.717) is 17.6 Å². The van der Waals surface area contributed by atoms with E-state index < -0.39 is 0 Å². The summed E-state index contributed by atoms with van der Waals surface area (Å²) < 4.78 is 25.0. The van der Waals surface area contributed by atoms with Crippen LogP contribution in [0, 0.1) is 17.7 Å². The molecule has 0 radical (unpaired) electrons. The lowest BCUT2D eigenvalue weighted by Gasteiger charge is -2.34. The van der Waals surface area contributed by atoms with Gasteiger partial charge in [-0.3, -0.25) is 0 Å². The number of halogens is 1. The minimum atomic E-state index is -0.238. The van der Waals surface area contributed by atoms with Crippen molar-refractivity contribution in [3.63, 3.8) is 0 Å². The molecule has 0 bridgehead atoms. The molecule has 2 aliphatic heterocycles. The van der Waals surface area contributed by atoms with E-state index in [-0.39, 0.29) is 11.9 Å². The van der Waals surface area contributed by atoms with Gasteiger partial charge in [-0.2, -0.15) is 0 Å². The fourth-order valence-electron chi connectivity index (χ4n) is 3.28. The third-order valence-corrected chi connectivity index (χ3v) is 4.36. The molecule has 0 saturated carbocycles. The Morgan fingerprint density at radius 1 is 1.20 bits per heavy atom. The summed E-state index contributed by atoms with van der Waals surface area (Å²) >= 11 is 0. The second-order valence-corrected chi connectivity index (χ2v) is 5.74. The van der Waals surface area contributed by atoms with Crippen molar-refractivity contribution in [1.82, 2.24) is 5.32 Å². The van der Waals surface area contributed by atoms with Crippen molar-refractivity contribution in [2.75, 3.05) is 26.3 Å². The van der Waals surface area contributed by atoms with Gasteiger partial charge in [-0.25, -0.2) is 4.39 Å². The van der Waals surface area contributed by atoms with Gasteiger partial charge in [-0.1, -0.05) is 6.07 Å². The highest BCUT2D eigenvalue weighted by molar-refractivity contribution is 5.23. The van der Waals surface area contributed by atoms with Crippen LogP contribution in [-0.2, 0) is 4.74 Å². The molecule has 20 heavy (non-hydrogen) atoms. The number of nitrogens with one attached hydrogen (secondary N) is 1. The van der Waals surface area contributed by atoms with E-state index in [2.05, 4.69) is 5.32 Å². The number of benzene rings is 1. The Labute approximate surface area is 119 Å². The van der Waals surface area contributed by atoms with E-state index >= 15 is 0 Å². The lowest BCUT2D eigenvalue weighted by molar-refractivity contribution is -0.00144. The maximum atomic E-state index is 13.3. The molecule has 3 rings (SSSR count). The predicted molar refractivity (Wildman–Crippen MR) is 75.3 cm³/mol. The number of ether oxygens (including phenoxy) is 2. The second kappa shape index (κ2) is 6.55. The van der Waals surface area contributed by atoms with Gasteiger partial charge in [-0.15, -0.1) is 0 Å². The normalized spacial score (nSPS) is 25.6. The molecule has 0 spiro atoms. The van der Waals surface area contributed by atoms with Gasteiger partial charge in [0.25, 0.3) is 0 Å². The Morgan fingerprint density at radius 2 is 2.05 bits per heavy atom. The first kappa shape index (κ1) is 13.8. The molecule has 2 aliphatic rings. The third-order valence-electron chi connectivity index (χ3n) is 4.36. The average molecular weight is 279 g/mol. The van der Waals surface area contributed by atoms with Gasteiger partial charge in [0.15, 0.2) is 0 Å². The topological polar surface area (TPSA) is 30.5 Å². The van der Waals surface area contributed by atoms with Gasteiger partial charge in [0.05, 0.1) is 0 Å². The Kier molecular flexibility index (Phi) is 4.53. The molecule has 2 heterocycles. The molecule has 1 aromatic rings. The Bertz CT molecular complexity index is 428. The number of rotatable bonds is 4. The number of hydrogen-bond acceptors (Lipinski definition) is 3. The van der Waals surface area contributed by atoms with Gasteiger partial charge in [0, 0.05) is 37.7 Å². The highest BCUT2D eigenvalue weighted by Gasteiger charge is 2.34. The lowest BCUT2D eigenvalue weighted by Crippen LogP contribution is -2.39. The van der Waals surface area contributed by atoms with Crippen LogP contribution in [0.1, 0.15) is 19.3 Å². The van der Waals surface area contributed by atoms with Crippen molar-refractivity contribution in [2.45, 2.75) is 25.4 Å². The lowest BCUT2D eigenvalue weighted by atomic mass is 9.85. The summed E-state index contributed by atoms with van der Waals surface area (Å²) in [5.74, 6) is 1.43. The third kappa shape index (κ3) is 3.30. The summed E-state index contributed by atoms with van der Waals surface area (Å²) in [6.45, 7) is 3.68. The van der Waals surface area contributed by atoms with Gasteiger partial charge in [0.2, 0.25) is 0 Å². The monoisotopic (exact) mass is 279 g/mol. The Hall–Kier alpha value is -1.13. The molecule has 0 aliphatic carbocycles. The van der Waals surface area contributed by atoms with Crippen LogP contribution in [0.15, 0.2) is 24.3 Å². The van der Waals surface area contributed by atoms with Crippen molar-refractivity contribution in [2.24, 2.45) is 11.8 Å². The van der Waals surface area contributed by atoms with Crippen LogP contribution in [0.25, 0.3) is 0 Å². The zero-order chi connectivity index (χ0) is 13.8. The zero-order valence-corrected chi connectivity index (χ0v) is 11.7. The van der Waals surface area contributed by atoms with E-state index in [9.17, 15) is 4.39 Å². The van der Waals surface area contributed by atoms with E-state index in [0.717, 1.165) is 45.6 Å². The summed E-state index contributed by atoms with van der Waals surface area (Å²) in [6.07, 6.45) is 3.38. The largest absolute Gasteiger partial charge is 0.490 e. The van der Waals surface area contributed by atoms with Crippen molar-refractivity contribution >= 4 is 0 Å². The minimum Gasteiger partial charge on any atom is -0.490 e. The fourth-order valence-corrected chi connectivity index (χ4v) is 3.28. The van der Waals surface area contributed by atoms with Gasteiger partial charge < -0.3 is 14.8 Å². The molecule has 1 N–H and O–H groups in total. The highest BCUT2D eigenvalue weighted by Crippen LogP contribution is 2.31. The fraction of sp³-hybridized carbons (Fsp3) is 0.625. The molecule has 2 atom stereocenters. The predicted octanol–water partition coefficient (Wildman–Crippen LogP) is 2.61. The maximum absolute atomic E-state index is 13.3. The van der Waals surface area contributed by atoms with Crippen LogP contribution in [-0.4, -0.2) is 32.4 Å². The Morgan fingerprint density at radius 3 is 2.75 bits per heavy atom. The standard InChI is InChI=1S/C16H22FNO2/c17-14-2-1-3-15(10-14)20-16(13-4-7-18-11-13)12-5-8-19-9-6-12/h1-3,10,12-13,16,18H,4-9,11H2/t13-,16?/m1/s1. The summed E-state index contributed by atoms with van der Waals surface area (Å²) in [4.78, 5) is 0. The second-order valence-electron chi connectivity index (χ2n) is 5.74. The molecular formula is C16H22FNO2. The SMILES string of the molecule is Fc1cccc(OC(C2CCOCC2)[C@@H]2CCNC2)c1. The molecule has 2 saturated heterocycles. The Balaban J connectivity index is 1.73. The van der Waals surface area contributed by atoms with Crippen molar-refractivity contribution < 1.29 is 13.9 Å². The van der Waals surface area contributed by atoms with E-state index in [1.807, 2.05) is 6.07 Å². The first-order valence-electron chi connectivity index (χ1n) is 7.53. The van der Waals surface area contributed by atoms with Crippen LogP contribution < -0.4 is 10.1 Å². The molecule has 110 valence electrons. The van der Waals surface area contributed by atoms with E-state index in [1.54, 1.807) is 6.07 Å². The molecular weight excluding hydrogens is 257 g/mol. The summed E-state index contributed by atoms with van der Waals surface area (Å²) in [6, 6.07) is 6.48. The first-order valence-corrected chi connectivity index (χ1v) is 7.53. The first-order chi connectivity index (χ1) is 9.83. The van der Waals surface area contributed by atoms with Crippen LogP contribution in [0.4, 0.5) is 4.39 Å². The van der Waals surface area contributed by atoms with Crippen LogP contribution in [0.2, 0.25) is 0 Å². The number of hydrogen-bond donors (Lipinski definition) is 1. The summed E-state index contributed by atoms with van der Waals surface area (Å²) in [5.41, 5.74) is 0. The van der Waals surface area contributed by atoms with Crippen LogP contribution in [0.5, 0.6) is 5.75 Å². The molecule has 4 heteroatoms. The van der Waals surface area contributed by atoms with Gasteiger partial charge >= 0.3 is 0 Å². The van der Waals surface area contributed by atoms with Crippen LogP contribution >= 0.6 is 0 Å². The van der Waals surface area contributed by atoms with E-state index in [4.69, 9.17) is 9.47 Å². The molecule has 0 amide bonds. The molecule has 1 aromatic carbocycles. The molecule has 3 nitrogen and oxygen atoms in total. The van der Waals surface area contributed by atoms with Crippen LogP contribution in [0.3, 0.4) is 0 Å². The summed E-state index contributed by atoms with van der Waals surface area (Å²) in [5, 5.41) is 3.40. The maximum Gasteiger partial charge on any atom is 0.126 e. The minimum absolute atomic E-state index is 0.163. The van der Waals surface area contributed by atoms with Gasteiger partial charge in [-0.05, 0) is 37.9 Å². The highest BCUT2D eigenvalue weighted by atomic mass is 19.1. The molecule has 2 fully saturated rings. The molecule has 1 unspecified atom stereocenters. The van der Waals surface area contributed by atoms with Crippen molar-refractivity contribution in [3.8, 4) is 5.75 Å². The quantitative estimate of drug-likeness (QED) is 0.919. The summed E-state index contributed by atoms with van der Waals surface area (Å²) in [7, 11) is 0. The smallest absolute Gasteiger partial charge is 0.126 e.